The molecule has 1 saturated heterocycles. The minimum atomic E-state index is -1.00. The van der Waals surface area contributed by atoms with Crippen molar-refractivity contribution in [2.24, 2.45) is 5.73 Å². The van der Waals surface area contributed by atoms with Gasteiger partial charge in [-0.1, -0.05) is 0 Å². The summed E-state index contributed by atoms with van der Waals surface area (Å²) in [6.45, 7) is 0. The maximum absolute atomic E-state index is 9.87. The van der Waals surface area contributed by atoms with Crippen LogP contribution in [0.4, 0.5) is 0 Å². The van der Waals surface area contributed by atoms with Crippen molar-refractivity contribution in [3.63, 3.8) is 0 Å². The van der Waals surface area contributed by atoms with E-state index in [0.29, 0.717) is 0 Å². The minimum absolute atomic E-state index is 0.634. The SMILES string of the molecule is NC1C(=O)OC1=O. The second-order valence-electron chi connectivity index (χ2n) is 1.22. The summed E-state index contributed by atoms with van der Waals surface area (Å²) in [6.07, 6.45) is 0. The third-order valence-electron chi connectivity index (χ3n) is 0.709. The third-order valence-corrected chi connectivity index (χ3v) is 0.709. The molecule has 0 amide bonds. The number of esters is 2. The van der Waals surface area contributed by atoms with Crippen LogP contribution in [0.1, 0.15) is 0 Å². The zero-order chi connectivity index (χ0) is 5.44. The lowest BCUT2D eigenvalue weighted by Crippen LogP contribution is -2.52. The molecular weight excluding hydrogens is 98.0 g/mol. The molecule has 1 aliphatic heterocycles. The number of hydrogen-bond acceptors (Lipinski definition) is 4. The summed E-state index contributed by atoms with van der Waals surface area (Å²) < 4.78 is 3.85. The van der Waals surface area contributed by atoms with Crippen LogP contribution in [-0.4, -0.2) is 18.0 Å². The molecule has 0 bridgehead atoms. The van der Waals surface area contributed by atoms with Gasteiger partial charge in [-0.05, 0) is 0 Å². The van der Waals surface area contributed by atoms with E-state index in [1.54, 1.807) is 0 Å². The second kappa shape index (κ2) is 1.04. The first-order valence-electron chi connectivity index (χ1n) is 1.73. The van der Waals surface area contributed by atoms with E-state index >= 15 is 0 Å². The van der Waals surface area contributed by atoms with Crippen LogP contribution >= 0.6 is 0 Å². The number of nitrogens with two attached hydrogens (primary N) is 1. The molecule has 1 rings (SSSR count). The summed E-state index contributed by atoms with van der Waals surface area (Å²) in [5.41, 5.74) is 4.84. The molecule has 2 N–H and O–H groups in total. The molecule has 4 heteroatoms. The van der Waals surface area contributed by atoms with Gasteiger partial charge in [0, 0.05) is 0 Å². The first kappa shape index (κ1) is 4.26. The van der Waals surface area contributed by atoms with Crippen LogP contribution in [0.3, 0.4) is 0 Å². The number of carbonyl (C=O) groups is 2. The fourth-order valence-corrected chi connectivity index (χ4v) is 0.264. The van der Waals surface area contributed by atoms with Gasteiger partial charge in [-0.25, -0.2) is 9.59 Å². The Bertz CT molecular complexity index is 116. The van der Waals surface area contributed by atoms with Gasteiger partial charge in [0.05, 0.1) is 0 Å². The average molecular weight is 101 g/mol. The molecule has 7 heavy (non-hydrogen) atoms. The van der Waals surface area contributed by atoms with Crippen LogP contribution in [0.25, 0.3) is 0 Å². The summed E-state index contributed by atoms with van der Waals surface area (Å²) in [5.74, 6) is -1.27. The monoisotopic (exact) mass is 101 g/mol. The van der Waals surface area contributed by atoms with Gasteiger partial charge >= 0.3 is 11.9 Å². The molecule has 0 radical (unpaired) electrons. The molecule has 0 unspecified atom stereocenters. The Hall–Kier alpha value is -0.900. The van der Waals surface area contributed by atoms with Crippen LogP contribution in [0.2, 0.25) is 0 Å². The van der Waals surface area contributed by atoms with Crippen molar-refractivity contribution >= 4 is 11.9 Å². The van der Waals surface area contributed by atoms with Crippen molar-refractivity contribution in [2.75, 3.05) is 0 Å². The predicted octanol–water partition coefficient (Wildman–Crippen LogP) is -1.60. The lowest BCUT2D eigenvalue weighted by atomic mass is 10.2. The number of cyclic esters (lactones) is 2. The Kier molecular flexibility index (Phi) is 0.631. The summed E-state index contributed by atoms with van der Waals surface area (Å²) in [7, 11) is 0. The molecule has 0 aromatic carbocycles. The van der Waals surface area contributed by atoms with Gasteiger partial charge in [0.25, 0.3) is 0 Å². The van der Waals surface area contributed by atoms with Crippen LogP contribution in [0.15, 0.2) is 0 Å². The van der Waals surface area contributed by atoms with E-state index in [2.05, 4.69) is 4.74 Å². The topological polar surface area (TPSA) is 69.4 Å². The maximum Gasteiger partial charge on any atom is 0.342 e. The fourth-order valence-electron chi connectivity index (χ4n) is 0.264. The van der Waals surface area contributed by atoms with Gasteiger partial charge in [0.1, 0.15) is 0 Å². The molecule has 0 saturated carbocycles. The Morgan fingerprint density at radius 1 is 1.43 bits per heavy atom. The molecule has 0 atom stereocenters. The van der Waals surface area contributed by atoms with E-state index in [-0.39, 0.29) is 0 Å². The molecule has 1 heterocycles. The summed E-state index contributed by atoms with van der Waals surface area (Å²) >= 11 is 0. The van der Waals surface area contributed by atoms with Gasteiger partial charge in [-0.15, -0.1) is 0 Å². The zero-order valence-electron chi connectivity index (χ0n) is 3.38. The van der Waals surface area contributed by atoms with Crippen LogP contribution in [-0.2, 0) is 14.3 Å². The first-order chi connectivity index (χ1) is 3.22. The Morgan fingerprint density at radius 3 is 1.86 bits per heavy atom. The minimum Gasteiger partial charge on any atom is -0.390 e. The molecule has 0 aromatic rings. The fraction of sp³-hybridized carbons (Fsp3) is 0.333. The quantitative estimate of drug-likeness (QED) is 0.294. The molecular formula is C3H3NO3. The first-order valence-corrected chi connectivity index (χ1v) is 1.73. The number of carbonyl (C=O) groups excluding carboxylic acids is 2. The largest absolute Gasteiger partial charge is 0.390 e. The molecule has 4 nitrogen and oxygen atoms in total. The van der Waals surface area contributed by atoms with E-state index < -0.39 is 18.0 Å². The van der Waals surface area contributed by atoms with Crippen LogP contribution in [0.5, 0.6) is 0 Å². The molecule has 0 aliphatic carbocycles. The van der Waals surface area contributed by atoms with E-state index in [9.17, 15) is 9.59 Å². The highest BCUT2D eigenvalue weighted by Crippen LogP contribution is 2.00. The van der Waals surface area contributed by atoms with Crippen molar-refractivity contribution in [1.82, 2.24) is 0 Å². The summed E-state index contributed by atoms with van der Waals surface area (Å²) in [5, 5.41) is 0. The van der Waals surface area contributed by atoms with Crippen LogP contribution < -0.4 is 5.73 Å². The zero-order valence-corrected chi connectivity index (χ0v) is 3.38. The highest BCUT2D eigenvalue weighted by Gasteiger charge is 2.37. The van der Waals surface area contributed by atoms with E-state index in [1.807, 2.05) is 0 Å². The standard InChI is InChI=1S/C3H3NO3/c4-1-2(5)7-3(1)6/h1H,4H2. The highest BCUT2D eigenvalue weighted by atomic mass is 16.6. The maximum atomic E-state index is 9.87. The van der Waals surface area contributed by atoms with Crippen molar-refractivity contribution in [3.05, 3.63) is 0 Å². The van der Waals surface area contributed by atoms with E-state index in [1.165, 1.54) is 0 Å². The van der Waals surface area contributed by atoms with Gasteiger partial charge < -0.3 is 10.5 Å². The van der Waals surface area contributed by atoms with Crippen LogP contribution in [0, 0.1) is 0 Å². The normalized spacial score (nSPS) is 21.3. The lowest BCUT2D eigenvalue weighted by Gasteiger charge is -2.15. The average Bonchev–Trinajstić information content (AvgIpc) is 1.68. The van der Waals surface area contributed by atoms with Gasteiger partial charge in [-0.2, -0.15) is 0 Å². The van der Waals surface area contributed by atoms with Gasteiger partial charge in [0.2, 0.25) is 6.04 Å². The van der Waals surface area contributed by atoms with Crippen molar-refractivity contribution in [2.45, 2.75) is 6.04 Å². The number of ether oxygens (including phenoxy) is 1. The van der Waals surface area contributed by atoms with Gasteiger partial charge in [-0.3, -0.25) is 0 Å². The Morgan fingerprint density at radius 2 is 1.86 bits per heavy atom. The molecule has 1 aliphatic rings. The Balaban J connectivity index is 2.59. The third kappa shape index (κ3) is 0.398. The summed E-state index contributed by atoms with van der Waals surface area (Å²) in [4.78, 5) is 19.7. The van der Waals surface area contributed by atoms with Crippen molar-refractivity contribution in [1.29, 1.82) is 0 Å². The number of rotatable bonds is 0. The highest BCUT2D eigenvalue weighted by molar-refractivity contribution is 6.13. The summed E-state index contributed by atoms with van der Waals surface area (Å²) in [6, 6.07) is -1.00. The lowest BCUT2D eigenvalue weighted by molar-refractivity contribution is -0.177. The molecule has 0 spiro atoms. The molecule has 1 fully saturated rings. The van der Waals surface area contributed by atoms with Crippen molar-refractivity contribution in [3.8, 4) is 0 Å². The predicted molar refractivity (Wildman–Crippen MR) is 19.1 cm³/mol. The second-order valence-corrected chi connectivity index (χ2v) is 1.22. The van der Waals surface area contributed by atoms with Crippen molar-refractivity contribution < 1.29 is 14.3 Å². The van der Waals surface area contributed by atoms with E-state index in [0.717, 1.165) is 0 Å². The van der Waals surface area contributed by atoms with E-state index in [4.69, 9.17) is 5.73 Å². The molecule has 0 aromatic heterocycles. The van der Waals surface area contributed by atoms with Gasteiger partial charge in [0.15, 0.2) is 0 Å². The molecule has 38 valence electrons. The number of hydrogen-bond donors (Lipinski definition) is 1. The Labute approximate surface area is 39.2 Å². The smallest absolute Gasteiger partial charge is 0.342 e.